The molecule has 1 aliphatic rings. The Bertz CT molecular complexity index is 1050. The van der Waals surface area contributed by atoms with Crippen LogP contribution in [0.2, 0.25) is 0 Å². The second-order valence-corrected chi connectivity index (χ2v) is 6.26. The summed E-state index contributed by atoms with van der Waals surface area (Å²) >= 11 is 0. The van der Waals surface area contributed by atoms with Crippen molar-refractivity contribution >= 4 is 23.3 Å². The normalized spacial score (nSPS) is 17.0. The van der Waals surface area contributed by atoms with Crippen LogP contribution in [0.3, 0.4) is 0 Å². The number of benzene rings is 1. The van der Waals surface area contributed by atoms with Crippen LogP contribution in [0.4, 0.5) is 15.9 Å². The Hall–Kier alpha value is -3.55. The summed E-state index contributed by atoms with van der Waals surface area (Å²) in [6, 6.07) is 11.0. The van der Waals surface area contributed by atoms with E-state index in [0.29, 0.717) is 17.1 Å². The van der Waals surface area contributed by atoms with Crippen molar-refractivity contribution < 1.29 is 14.0 Å². The summed E-state index contributed by atoms with van der Waals surface area (Å²) in [7, 11) is 0. The molecule has 0 spiro atoms. The van der Waals surface area contributed by atoms with E-state index in [1.54, 1.807) is 37.4 Å². The summed E-state index contributed by atoms with van der Waals surface area (Å²) in [6.45, 7) is 1.72. The number of hydrogen-bond acceptors (Lipinski definition) is 5. The number of nitrogens with zero attached hydrogens (tertiary/aromatic N) is 4. The molecule has 1 aliphatic heterocycles. The average Bonchev–Trinajstić information content (AvgIpc) is 3.11. The Kier molecular flexibility index (Phi) is 3.95. The van der Waals surface area contributed by atoms with E-state index in [9.17, 15) is 14.0 Å². The molecule has 1 fully saturated rings. The molecule has 1 saturated heterocycles. The number of nitrogen functional groups attached to an aromatic ring is 1. The highest BCUT2D eigenvalue weighted by atomic mass is 19.1. The number of anilines is 2. The zero-order valence-electron chi connectivity index (χ0n) is 14.5. The molecule has 3 heterocycles. The second-order valence-electron chi connectivity index (χ2n) is 6.26. The van der Waals surface area contributed by atoms with E-state index in [2.05, 4.69) is 10.1 Å². The summed E-state index contributed by atoms with van der Waals surface area (Å²) in [4.78, 5) is 30.5. The molecule has 1 unspecified atom stereocenters. The summed E-state index contributed by atoms with van der Waals surface area (Å²) in [5.74, 6) is -1.68. The predicted octanol–water partition coefficient (Wildman–Crippen LogP) is 2.34. The van der Waals surface area contributed by atoms with Crippen molar-refractivity contribution in [1.29, 1.82) is 0 Å². The zero-order chi connectivity index (χ0) is 19.1. The van der Waals surface area contributed by atoms with Crippen molar-refractivity contribution in [2.75, 3.05) is 10.6 Å². The van der Waals surface area contributed by atoms with Gasteiger partial charge in [-0.3, -0.25) is 9.59 Å². The first-order valence-corrected chi connectivity index (χ1v) is 8.36. The Morgan fingerprint density at radius 1 is 1.15 bits per heavy atom. The number of para-hydroxylation sites is 1. The fourth-order valence-electron chi connectivity index (χ4n) is 3.39. The molecule has 2 N–H and O–H groups in total. The lowest BCUT2D eigenvalue weighted by Gasteiger charge is -2.15. The van der Waals surface area contributed by atoms with Crippen molar-refractivity contribution in [3.63, 3.8) is 0 Å². The van der Waals surface area contributed by atoms with Gasteiger partial charge in [-0.1, -0.05) is 18.2 Å². The van der Waals surface area contributed by atoms with Crippen LogP contribution in [-0.4, -0.2) is 26.6 Å². The number of pyridine rings is 1. The summed E-state index contributed by atoms with van der Waals surface area (Å²) < 4.78 is 15.5. The summed E-state index contributed by atoms with van der Waals surface area (Å²) in [6.07, 6.45) is 1.52. The number of aromatic nitrogens is 3. The predicted molar refractivity (Wildman–Crippen MR) is 96.8 cm³/mol. The Balaban J connectivity index is 1.75. The number of imide groups is 1. The van der Waals surface area contributed by atoms with Crippen LogP contribution in [0.5, 0.6) is 0 Å². The first kappa shape index (κ1) is 16.9. The molecular formula is C19H16FN5O2. The minimum Gasteiger partial charge on any atom is -0.383 e. The van der Waals surface area contributed by atoms with Gasteiger partial charge in [0.15, 0.2) is 5.82 Å². The molecule has 0 saturated carbocycles. The summed E-state index contributed by atoms with van der Waals surface area (Å²) in [5.41, 5.74) is 7.19. The first-order valence-electron chi connectivity index (χ1n) is 8.36. The highest BCUT2D eigenvalue weighted by molar-refractivity contribution is 6.23. The van der Waals surface area contributed by atoms with Gasteiger partial charge in [0, 0.05) is 18.2 Å². The largest absolute Gasteiger partial charge is 0.383 e. The van der Waals surface area contributed by atoms with Gasteiger partial charge < -0.3 is 5.73 Å². The monoisotopic (exact) mass is 365 g/mol. The molecule has 2 aromatic heterocycles. The number of carbonyl (C=O) groups excluding carboxylic acids is 2. The lowest BCUT2D eigenvalue weighted by molar-refractivity contribution is -0.121. The van der Waals surface area contributed by atoms with Crippen molar-refractivity contribution in [2.45, 2.75) is 19.3 Å². The van der Waals surface area contributed by atoms with E-state index >= 15 is 0 Å². The lowest BCUT2D eigenvalue weighted by atomic mass is 9.97. The first-order chi connectivity index (χ1) is 13.0. The number of halogens is 1. The quantitative estimate of drug-likeness (QED) is 0.719. The van der Waals surface area contributed by atoms with Crippen molar-refractivity contribution in [2.24, 2.45) is 0 Å². The Morgan fingerprint density at radius 2 is 1.89 bits per heavy atom. The number of rotatable bonds is 3. The van der Waals surface area contributed by atoms with Crippen molar-refractivity contribution in [3.05, 3.63) is 65.7 Å². The number of amides is 2. The van der Waals surface area contributed by atoms with Crippen LogP contribution in [0.15, 0.2) is 48.7 Å². The Labute approximate surface area is 154 Å². The van der Waals surface area contributed by atoms with Crippen molar-refractivity contribution in [1.82, 2.24) is 14.8 Å². The topological polar surface area (TPSA) is 94.1 Å². The second kappa shape index (κ2) is 6.31. The lowest BCUT2D eigenvalue weighted by Crippen LogP contribution is -2.31. The van der Waals surface area contributed by atoms with Gasteiger partial charge in [-0.05, 0) is 31.2 Å². The molecule has 136 valence electrons. The highest BCUT2D eigenvalue weighted by Gasteiger charge is 2.43. The van der Waals surface area contributed by atoms with Gasteiger partial charge in [-0.15, -0.1) is 0 Å². The maximum Gasteiger partial charge on any atom is 0.242 e. The molecule has 2 amide bonds. The van der Waals surface area contributed by atoms with Gasteiger partial charge in [0.1, 0.15) is 11.6 Å². The molecular weight excluding hydrogens is 349 g/mol. The van der Waals surface area contributed by atoms with E-state index in [1.807, 2.05) is 0 Å². The van der Waals surface area contributed by atoms with E-state index in [-0.39, 0.29) is 17.9 Å². The smallest absolute Gasteiger partial charge is 0.242 e. The SMILES string of the molecule is Cc1nn(-c2ccccn2)c(N)c1C1CC(=O)N(c2ccccc2F)C1=O. The third-order valence-corrected chi connectivity index (χ3v) is 4.60. The van der Waals surface area contributed by atoms with Crippen LogP contribution in [-0.2, 0) is 9.59 Å². The zero-order valence-corrected chi connectivity index (χ0v) is 14.5. The molecule has 4 rings (SSSR count). The van der Waals surface area contributed by atoms with Gasteiger partial charge >= 0.3 is 0 Å². The molecule has 8 heteroatoms. The van der Waals surface area contributed by atoms with Crippen LogP contribution in [0, 0.1) is 12.7 Å². The van der Waals surface area contributed by atoms with Gasteiger partial charge in [0.2, 0.25) is 11.8 Å². The molecule has 27 heavy (non-hydrogen) atoms. The van der Waals surface area contributed by atoms with E-state index < -0.39 is 23.5 Å². The van der Waals surface area contributed by atoms with Gasteiger partial charge in [0.25, 0.3) is 0 Å². The maximum absolute atomic E-state index is 14.1. The molecule has 1 atom stereocenters. The third-order valence-electron chi connectivity index (χ3n) is 4.60. The van der Waals surface area contributed by atoms with Crippen LogP contribution in [0.25, 0.3) is 5.82 Å². The van der Waals surface area contributed by atoms with Crippen molar-refractivity contribution in [3.8, 4) is 5.82 Å². The van der Waals surface area contributed by atoms with E-state index in [0.717, 1.165) is 4.90 Å². The number of carbonyl (C=O) groups is 2. The molecule has 1 aromatic carbocycles. The fraction of sp³-hybridized carbons (Fsp3) is 0.158. The third kappa shape index (κ3) is 2.66. The molecule has 0 aliphatic carbocycles. The molecule has 7 nitrogen and oxygen atoms in total. The van der Waals surface area contributed by atoms with Gasteiger partial charge in [-0.25, -0.2) is 14.3 Å². The number of nitrogens with two attached hydrogens (primary N) is 1. The van der Waals surface area contributed by atoms with Crippen LogP contribution in [0.1, 0.15) is 23.6 Å². The van der Waals surface area contributed by atoms with E-state index in [4.69, 9.17) is 5.73 Å². The highest BCUT2D eigenvalue weighted by Crippen LogP contribution is 2.38. The minimum atomic E-state index is -0.811. The average molecular weight is 365 g/mol. The van der Waals surface area contributed by atoms with Crippen LogP contribution >= 0.6 is 0 Å². The minimum absolute atomic E-state index is 0.0525. The number of hydrogen-bond donors (Lipinski definition) is 1. The van der Waals surface area contributed by atoms with Crippen LogP contribution < -0.4 is 10.6 Å². The Morgan fingerprint density at radius 3 is 2.59 bits per heavy atom. The van der Waals surface area contributed by atoms with Gasteiger partial charge in [0.05, 0.1) is 17.3 Å². The fourth-order valence-corrected chi connectivity index (χ4v) is 3.39. The standard InChI is InChI=1S/C19H16FN5O2/c1-11-17(18(21)25(23-11)15-8-4-5-9-22-15)12-10-16(26)24(19(12)27)14-7-3-2-6-13(14)20/h2-9,12H,10,21H2,1H3. The molecule has 3 aromatic rings. The molecule has 0 radical (unpaired) electrons. The summed E-state index contributed by atoms with van der Waals surface area (Å²) in [5, 5.41) is 4.37. The number of aryl methyl sites for hydroxylation is 1. The van der Waals surface area contributed by atoms with Gasteiger partial charge in [-0.2, -0.15) is 9.78 Å². The maximum atomic E-state index is 14.1. The van der Waals surface area contributed by atoms with E-state index in [1.165, 1.54) is 22.9 Å². The molecule has 0 bridgehead atoms.